The maximum absolute atomic E-state index is 12.2. The Bertz CT molecular complexity index is 723. The number of methoxy groups -OCH3 is 1. The zero-order chi connectivity index (χ0) is 18.4. The Morgan fingerprint density at radius 1 is 1.08 bits per heavy atom. The first kappa shape index (κ1) is 18.3. The lowest BCUT2D eigenvalue weighted by Gasteiger charge is -2.36. The largest absolute Gasteiger partial charge is 0.497 e. The highest BCUT2D eigenvalue weighted by Gasteiger charge is 2.22. The van der Waals surface area contributed by atoms with Crippen LogP contribution in [0.3, 0.4) is 0 Å². The number of benzene rings is 1. The second-order valence-corrected chi connectivity index (χ2v) is 6.81. The quantitative estimate of drug-likeness (QED) is 0.726. The van der Waals surface area contributed by atoms with E-state index in [0.717, 1.165) is 30.1 Å². The van der Waals surface area contributed by atoms with Crippen LogP contribution in [-0.2, 0) is 20.7 Å². The molecule has 1 aliphatic rings. The number of esters is 1. The molecule has 1 aromatic heterocycles. The highest BCUT2D eigenvalue weighted by atomic mass is 32.1. The van der Waals surface area contributed by atoms with Crippen molar-refractivity contribution in [1.29, 1.82) is 0 Å². The molecule has 1 fully saturated rings. The number of nitrogens with zero attached hydrogens (tertiary/aromatic N) is 2. The molecule has 6 nitrogen and oxygen atoms in total. The van der Waals surface area contributed by atoms with Crippen LogP contribution in [-0.4, -0.2) is 56.7 Å². The normalized spacial score (nSPS) is 14.2. The lowest BCUT2D eigenvalue weighted by molar-refractivity contribution is -0.151. The van der Waals surface area contributed by atoms with E-state index in [1.165, 1.54) is 11.3 Å². The van der Waals surface area contributed by atoms with E-state index < -0.39 is 0 Å². The second-order valence-electron chi connectivity index (χ2n) is 6.03. The first-order valence-corrected chi connectivity index (χ1v) is 9.43. The van der Waals surface area contributed by atoms with Crippen LogP contribution < -0.4 is 9.64 Å². The van der Waals surface area contributed by atoms with Crippen molar-refractivity contribution in [3.8, 4) is 5.75 Å². The molecule has 1 aromatic carbocycles. The zero-order valence-electron chi connectivity index (χ0n) is 14.7. The van der Waals surface area contributed by atoms with Crippen molar-refractivity contribution >= 4 is 28.9 Å². The topological polar surface area (TPSA) is 59.1 Å². The van der Waals surface area contributed by atoms with Gasteiger partial charge in [0.2, 0.25) is 0 Å². The summed E-state index contributed by atoms with van der Waals surface area (Å²) in [6, 6.07) is 9.77. The van der Waals surface area contributed by atoms with Gasteiger partial charge in [-0.25, -0.2) is 0 Å². The summed E-state index contributed by atoms with van der Waals surface area (Å²) in [5.41, 5.74) is 2.03. The Hall–Kier alpha value is -2.54. The summed E-state index contributed by atoms with van der Waals surface area (Å²) in [4.78, 5) is 28.0. The first-order chi connectivity index (χ1) is 12.7. The molecule has 26 heavy (non-hydrogen) atoms. The summed E-state index contributed by atoms with van der Waals surface area (Å²) in [6.07, 6.45) is 0.210. The van der Waals surface area contributed by atoms with Gasteiger partial charge in [-0.05, 0) is 46.7 Å². The summed E-state index contributed by atoms with van der Waals surface area (Å²) < 4.78 is 10.3. The molecule has 7 heteroatoms. The number of carbonyl (C=O) groups excluding carboxylic acids is 2. The Morgan fingerprint density at radius 3 is 2.42 bits per heavy atom. The average Bonchev–Trinajstić information content (AvgIpc) is 3.19. The first-order valence-electron chi connectivity index (χ1n) is 8.49. The Morgan fingerprint density at radius 2 is 1.81 bits per heavy atom. The number of thiophene rings is 1. The van der Waals surface area contributed by atoms with E-state index in [1.807, 2.05) is 41.1 Å². The molecule has 0 unspecified atom stereocenters. The predicted octanol–water partition coefficient (Wildman–Crippen LogP) is 2.19. The number of ether oxygens (including phenoxy) is 2. The molecule has 0 bridgehead atoms. The van der Waals surface area contributed by atoms with Gasteiger partial charge in [0, 0.05) is 31.9 Å². The SMILES string of the molecule is COc1ccc(N2CCN(C(=O)COC(=O)Cc3ccsc3)CC2)cc1. The van der Waals surface area contributed by atoms with E-state index in [0.29, 0.717) is 13.1 Å². The molecule has 1 saturated heterocycles. The minimum Gasteiger partial charge on any atom is -0.497 e. The van der Waals surface area contributed by atoms with E-state index in [2.05, 4.69) is 4.90 Å². The molecule has 1 amide bonds. The molecular weight excluding hydrogens is 352 g/mol. The molecule has 138 valence electrons. The Labute approximate surface area is 156 Å². The fourth-order valence-corrected chi connectivity index (χ4v) is 3.52. The third-order valence-electron chi connectivity index (χ3n) is 4.36. The van der Waals surface area contributed by atoms with Crippen molar-refractivity contribution in [2.45, 2.75) is 6.42 Å². The van der Waals surface area contributed by atoms with Crippen LogP contribution >= 0.6 is 11.3 Å². The number of amides is 1. The van der Waals surface area contributed by atoms with Crippen LogP contribution in [0, 0.1) is 0 Å². The highest BCUT2D eigenvalue weighted by Crippen LogP contribution is 2.20. The smallest absolute Gasteiger partial charge is 0.310 e. The zero-order valence-corrected chi connectivity index (χ0v) is 15.5. The summed E-state index contributed by atoms with van der Waals surface area (Å²) >= 11 is 1.53. The number of carbonyl (C=O) groups is 2. The van der Waals surface area contributed by atoms with E-state index in [4.69, 9.17) is 9.47 Å². The van der Waals surface area contributed by atoms with E-state index >= 15 is 0 Å². The summed E-state index contributed by atoms with van der Waals surface area (Å²) in [5.74, 6) is 0.318. The summed E-state index contributed by atoms with van der Waals surface area (Å²) in [5, 5.41) is 3.82. The molecule has 2 heterocycles. The maximum Gasteiger partial charge on any atom is 0.310 e. The van der Waals surface area contributed by atoms with Crippen molar-refractivity contribution in [2.75, 3.05) is 44.8 Å². The van der Waals surface area contributed by atoms with Gasteiger partial charge in [-0.15, -0.1) is 0 Å². The third kappa shape index (κ3) is 4.76. The van der Waals surface area contributed by atoms with Gasteiger partial charge in [0.1, 0.15) is 5.75 Å². The fraction of sp³-hybridized carbons (Fsp3) is 0.368. The molecule has 0 saturated carbocycles. The van der Waals surface area contributed by atoms with Crippen LogP contribution in [0.25, 0.3) is 0 Å². The van der Waals surface area contributed by atoms with Gasteiger partial charge in [0.05, 0.1) is 13.5 Å². The van der Waals surface area contributed by atoms with Gasteiger partial charge in [0.15, 0.2) is 6.61 Å². The van der Waals surface area contributed by atoms with Gasteiger partial charge in [-0.2, -0.15) is 11.3 Å². The lowest BCUT2D eigenvalue weighted by atomic mass is 10.2. The molecule has 0 atom stereocenters. The van der Waals surface area contributed by atoms with Gasteiger partial charge in [0.25, 0.3) is 5.91 Å². The van der Waals surface area contributed by atoms with E-state index in [-0.39, 0.29) is 24.9 Å². The molecule has 2 aromatic rings. The van der Waals surface area contributed by atoms with Crippen LogP contribution in [0.2, 0.25) is 0 Å². The van der Waals surface area contributed by atoms with Gasteiger partial charge < -0.3 is 19.3 Å². The van der Waals surface area contributed by atoms with E-state index in [9.17, 15) is 9.59 Å². The van der Waals surface area contributed by atoms with Crippen molar-refractivity contribution < 1.29 is 19.1 Å². The number of piperazine rings is 1. The standard InChI is InChI=1S/C19H22N2O4S/c1-24-17-4-2-16(3-5-17)20-7-9-21(10-8-20)18(22)13-25-19(23)12-15-6-11-26-14-15/h2-6,11,14H,7-10,12-13H2,1H3. The number of hydrogen-bond donors (Lipinski definition) is 0. The molecule has 0 radical (unpaired) electrons. The van der Waals surface area contributed by atoms with Crippen molar-refractivity contribution in [1.82, 2.24) is 4.90 Å². The lowest BCUT2D eigenvalue weighted by Crippen LogP contribution is -2.49. The molecule has 1 aliphatic heterocycles. The minimum atomic E-state index is -0.367. The van der Waals surface area contributed by atoms with Crippen molar-refractivity contribution in [3.63, 3.8) is 0 Å². The molecule has 0 N–H and O–H groups in total. The Balaban J connectivity index is 1.42. The number of anilines is 1. The monoisotopic (exact) mass is 374 g/mol. The second kappa shape index (κ2) is 8.71. The summed E-state index contributed by atoms with van der Waals surface area (Å²) in [6.45, 7) is 2.55. The van der Waals surface area contributed by atoms with Crippen molar-refractivity contribution in [2.24, 2.45) is 0 Å². The van der Waals surface area contributed by atoms with Gasteiger partial charge >= 0.3 is 5.97 Å². The van der Waals surface area contributed by atoms with Crippen LogP contribution in [0.15, 0.2) is 41.1 Å². The molecule has 3 rings (SSSR count). The van der Waals surface area contributed by atoms with Gasteiger partial charge in [-0.1, -0.05) is 0 Å². The average molecular weight is 374 g/mol. The predicted molar refractivity (Wildman–Crippen MR) is 101 cm³/mol. The highest BCUT2D eigenvalue weighted by molar-refractivity contribution is 7.07. The molecule has 0 spiro atoms. The molecular formula is C19H22N2O4S. The number of rotatable bonds is 6. The summed E-state index contributed by atoms with van der Waals surface area (Å²) in [7, 11) is 1.65. The maximum atomic E-state index is 12.2. The van der Waals surface area contributed by atoms with Crippen molar-refractivity contribution in [3.05, 3.63) is 46.7 Å². The van der Waals surface area contributed by atoms with Crippen LogP contribution in [0.4, 0.5) is 5.69 Å². The van der Waals surface area contributed by atoms with Crippen LogP contribution in [0.1, 0.15) is 5.56 Å². The molecule has 0 aliphatic carbocycles. The minimum absolute atomic E-state index is 0.141. The van der Waals surface area contributed by atoms with Gasteiger partial charge in [-0.3, -0.25) is 9.59 Å². The Kier molecular flexibility index (Phi) is 6.12. The fourth-order valence-electron chi connectivity index (χ4n) is 2.85. The third-order valence-corrected chi connectivity index (χ3v) is 5.09. The van der Waals surface area contributed by atoms with Crippen LogP contribution in [0.5, 0.6) is 5.75 Å². The number of hydrogen-bond acceptors (Lipinski definition) is 6. The van der Waals surface area contributed by atoms with E-state index in [1.54, 1.807) is 12.0 Å².